The predicted molar refractivity (Wildman–Crippen MR) is 135 cm³/mol. The van der Waals surface area contributed by atoms with Crippen LogP contribution in [0.25, 0.3) is 0 Å². The first-order valence-corrected chi connectivity index (χ1v) is 13.0. The number of nitrogens with one attached hydrogen (secondary N) is 1. The van der Waals surface area contributed by atoms with Crippen molar-refractivity contribution in [2.45, 2.75) is 77.4 Å². The monoisotopic (exact) mass is 487 g/mol. The van der Waals surface area contributed by atoms with Gasteiger partial charge in [-0.3, -0.25) is 4.79 Å². The molecular weight excluding hydrogens is 454 g/mol. The molecule has 33 heavy (non-hydrogen) atoms. The van der Waals surface area contributed by atoms with Crippen LogP contribution in [-0.2, 0) is 11.3 Å². The molecule has 7 nitrogen and oxygen atoms in total. The first-order valence-electron chi connectivity index (χ1n) is 11.2. The van der Waals surface area contributed by atoms with E-state index in [2.05, 4.69) is 64.9 Å². The van der Waals surface area contributed by atoms with Crippen LogP contribution in [0.1, 0.15) is 70.6 Å². The maximum absolute atomic E-state index is 12.7. The Morgan fingerprint density at radius 1 is 1.12 bits per heavy atom. The van der Waals surface area contributed by atoms with E-state index in [0.29, 0.717) is 22.1 Å². The topological polar surface area (TPSA) is 81.9 Å². The molecule has 3 aromatic rings. The number of hydrogen-bond acceptors (Lipinski definition) is 7. The lowest BCUT2D eigenvalue weighted by Gasteiger charge is -2.19. The second-order valence-corrected chi connectivity index (χ2v) is 11.0. The Labute approximate surface area is 204 Å². The second kappa shape index (κ2) is 11.2. The third kappa shape index (κ3) is 6.80. The highest BCUT2D eigenvalue weighted by Crippen LogP contribution is 2.29. The first kappa shape index (κ1) is 25.2. The third-order valence-electron chi connectivity index (χ3n) is 5.02. The number of carbonyl (C=O) groups excluding carboxylic acids is 1. The maximum Gasteiger partial charge on any atom is 0.239 e. The molecule has 0 radical (unpaired) electrons. The molecular formula is C24H33N5O2S2. The van der Waals surface area contributed by atoms with Crippen molar-refractivity contribution in [1.82, 2.24) is 19.7 Å². The molecule has 2 aromatic heterocycles. The molecule has 0 aliphatic carbocycles. The molecule has 0 saturated carbocycles. The Hall–Kier alpha value is -2.39. The highest BCUT2D eigenvalue weighted by atomic mass is 32.2. The molecule has 9 heteroatoms. The summed E-state index contributed by atoms with van der Waals surface area (Å²) in [6, 6.07) is 8.18. The van der Waals surface area contributed by atoms with Gasteiger partial charge in [-0.15, -0.1) is 21.5 Å². The van der Waals surface area contributed by atoms with Crippen molar-refractivity contribution in [3.8, 4) is 5.75 Å². The van der Waals surface area contributed by atoms with E-state index in [0.717, 1.165) is 23.8 Å². The molecule has 0 aliphatic rings. The van der Waals surface area contributed by atoms with Gasteiger partial charge >= 0.3 is 0 Å². The summed E-state index contributed by atoms with van der Waals surface area (Å²) >= 11 is 2.82. The molecule has 0 aliphatic heterocycles. The van der Waals surface area contributed by atoms with Gasteiger partial charge in [0.2, 0.25) is 5.91 Å². The maximum atomic E-state index is 12.7. The number of rotatable bonds is 10. The van der Waals surface area contributed by atoms with Crippen LogP contribution in [0.5, 0.6) is 5.75 Å². The van der Waals surface area contributed by atoms with Crippen LogP contribution in [0.15, 0.2) is 34.8 Å². The molecule has 0 spiro atoms. The van der Waals surface area contributed by atoms with Gasteiger partial charge in [0.05, 0.1) is 10.9 Å². The smallest absolute Gasteiger partial charge is 0.239 e. The van der Waals surface area contributed by atoms with Crippen molar-refractivity contribution < 1.29 is 9.53 Å². The number of carbonyl (C=O) groups is 1. The number of thiazole rings is 1. The van der Waals surface area contributed by atoms with Crippen molar-refractivity contribution in [2.24, 2.45) is 5.92 Å². The molecule has 1 aromatic carbocycles. The summed E-state index contributed by atoms with van der Waals surface area (Å²) in [6.07, 6.45) is -0.280. The van der Waals surface area contributed by atoms with E-state index >= 15 is 0 Å². The normalized spacial score (nSPS) is 13.4. The SMILES string of the molecule is Cc1csc(NC(=O)C(C)Sc2nnc(C(C)Oc3ccc(C(C)C)cc3)n2CC(C)C)n1. The van der Waals surface area contributed by atoms with E-state index in [4.69, 9.17) is 4.74 Å². The molecule has 0 saturated heterocycles. The Kier molecular flexibility index (Phi) is 8.53. The van der Waals surface area contributed by atoms with Gasteiger partial charge < -0.3 is 14.6 Å². The highest BCUT2D eigenvalue weighted by Gasteiger charge is 2.24. The number of thioether (sulfide) groups is 1. The Morgan fingerprint density at radius 2 is 1.82 bits per heavy atom. The zero-order valence-corrected chi connectivity index (χ0v) is 22.0. The van der Waals surface area contributed by atoms with E-state index in [9.17, 15) is 4.79 Å². The fraction of sp³-hybridized carbons (Fsp3) is 0.500. The predicted octanol–water partition coefficient (Wildman–Crippen LogP) is 6.08. The van der Waals surface area contributed by atoms with Gasteiger partial charge in [0, 0.05) is 11.9 Å². The van der Waals surface area contributed by atoms with Crippen molar-refractivity contribution in [3.63, 3.8) is 0 Å². The van der Waals surface area contributed by atoms with E-state index < -0.39 is 0 Å². The minimum atomic E-state index is -0.350. The van der Waals surface area contributed by atoms with Gasteiger partial charge in [0.25, 0.3) is 0 Å². The number of nitrogens with zero attached hydrogens (tertiary/aromatic N) is 4. The van der Waals surface area contributed by atoms with Crippen LogP contribution in [-0.4, -0.2) is 30.9 Å². The summed E-state index contributed by atoms with van der Waals surface area (Å²) in [5.41, 5.74) is 2.17. The lowest BCUT2D eigenvalue weighted by atomic mass is 10.0. The second-order valence-electron chi connectivity index (χ2n) is 8.87. The summed E-state index contributed by atoms with van der Waals surface area (Å²) in [4.78, 5) is 17.0. The highest BCUT2D eigenvalue weighted by molar-refractivity contribution is 8.00. The third-order valence-corrected chi connectivity index (χ3v) is 6.97. The fourth-order valence-corrected chi connectivity index (χ4v) is 4.80. The fourth-order valence-electron chi connectivity index (χ4n) is 3.24. The number of anilines is 1. The average molecular weight is 488 g/mol. The molecule has 3 rings (SSSR count). The summed E-state index contributed by atoms with van der Waals surface area (Å²) in [5.74, 6) is 2.31. The van der Waals surface area contributed by atoms with Crippen LogP contribution in [0.2, 0.25) is 0 Å². The van der Waals surface area contributed by atoms with Crippen molar-refractivity contribution >= 4 is 34.1 Å². The standard InChI is InChI=1S/C24H33N5O2S2/c1-14(2)12-29-21(17(6)31-20-10-8-19(9-11-20)15(3)4)27-28-24(29)33-18(7)22(30)26-23-25-16(5)13-32-23/h8-11,13-15,17-18H,12H2,1-7H3,(H,25,26,30). The number of aromatic nitrogens is 4. The quantitative estimate of drug-likeness (QED) is 0.349. The molecule has 2 unspecified atom stereocenters. The molecule has 1 N–H and O–H groups in total. The number of ether oxygens (including phenoxy) is 1. The summed E-state index contributed by atoms with van der Waals surface area (Å²) in [5, 5.41) is 14.6. The zero-order valence-electron chi connectivity index (χ0n) is 20.3. The molecule has 0 fully saturated rings. The number of hydrogen-bond donors (Lipinski definition) is 1. The van der Waals surface area contributed by atoms with Gasteiger partial charge in [-0.05, 0) is 50.3 Å². The molecule has 1 amide bonds. The van der Waals surface area contributed by atoms with Crippen molar-refractivity contribution in [2.75, 3.05) is 5.32 Å². The molecule has 2 atom stereocenters. The Morgan fingerprint density at radius 3 is 2.39 bits per heavy atom. The largest absolute Gasteiger partial charge is 0.483 e. The number of benzene rings is 1. The van der Waals surface area contributed by atoms with Crippen LogP contribution >= 0.6 is 23.1 Å². The van der Waals surface area contributed by atoms with Gasteiger partial charge in [0.15, 0.2) is 22.2 Å². The van der Waals surface area contributed by atoms with Crippen molar-refractivity contribution in [3.05, 3.63) is 46.7 Å². The van der Waals surface area contributed by atoms with Gasteiger partial charge in [0.1, 0.15) is 5.75 Å². The number of amides is 1. The van der Waals surface area contributed by atoms with Crippen LogP contribution in [0.3, 0.4) is 0 Å². The lowest BCUT2D eigenvalue weighted by Crippen LogP contribution is -2.23. The van der Waals surface area contributed by atoms with Gasteiger partial charge in [-0.1, -0.05) is 51.6 Å². The lowest BCUT2D eigenvalue weighted by molar-refractivity contribution is -0.115. The van der Waals surface area contributed by atoms with Gasteiger partial charge in [-0.25, -0.2) is 4.98 Å². The van der Waals surface area contributed by atoms with Crippen molar-refractivity contribution in [1.29, 1.82) is 0 Å². The minimum absolute atomic E-state index is 0.107. The van der Waals surface area contributed by atoms with Crippen LogP contribution in [0.4, 0.5) is 5.13 Å². The van der Waals surface area contributed by atoms with Crippen LogP contribution in [0, 0.1) is 12.8 Å². The minimum Gasteiger partial charge on any atom is -0.483 e. The molecule has 2 heterocycles. The van der Waals surface area contributed by atoms with E-state index in [1.54, 1.807) is 0 Å². The Bertz CT molecular complexity index is 1060. The Balaban J connectivity index is 1.73. The zero-order chi connectivity index (χ0) is 24.1. The van der Waals surface area contributed by atoms with Crippen LogP contribution < -0.4 is 10.1 Å². The number of aryl methyl sites for hydroxylation is 1. The van der Waals surface area contributed by atoms with E-state index in [1.165, 1.54) is 28.7 Å². The summed E-state index contributed by atoms with van der Waals surface area (Å²) in [6.45, 7) is 15.1. The summed E-state index contributed by atoms with van der Waals surface area (Å²) < 4.78 is 8.25. The summed E-state index contributed by atoms with van der Waals surface area (Å²) in [7, 11) is 0. The molecule has 0 bridgehead atoms. The van der Waals surface area contributed by atoms with Gasteiger partial charge in [-0.2, -0.15) is 0 Å². The van der Waals surface area contributed by atoms with E-state index in [1.807, 2.05) is 38.3 Å². The average Bonchev–Trinajstić information content (AvgIpc) is 3.33. The van der Waals surface area contributed by atoms with E-state index in [-0.39, 0.29) is 17.3 Å². The molecule has 178 valence electrons. The first-order chi connectivity index (χ1) is 15.6.